The Morgan fingerprint density at radius 2 is 1.96 bits per heavy atom. The van der Waals surface area contributed by atoms with Gasteiger partial charge in [0, 0.05) is 18.0 Å². The predicted molar refractivity (Wildman–Crippen MR) is 99.4 cm³/mol. The fourth-order valence-corrected chi connectivity index (χ4v) is 3.42. The van der Waals surface area contributed by atoms with Gasteiger partial charge in [0.25, 0.3) is 5.56 Å². The molecule has 0 saturated carbocycles. The van der Waals surface area contributed by atoms with Crippen molar-refractivity contribution in [1.82, 2.24) is 29.6 Å². The first-order chi connectivity index (χ1) is 12.7. The number of pyridine rings is 1. The van der Waals surface area contributed by atoms with E-state index in [-0.39, 0.29) is 5.56 Å². The maximum Gasteiger partial charge on any atom is 0.258 e. The molecule has 0 fully saturated rings. The van der Waals surface area contributed by atoms with Crippen molar-refractivity contribution in [2.45, 2.75) is 17.5 Å². The highest BCUT2D eigenvalue weighted by atomic mass is 35.5. The van der Waals surface area contributed by atoms with Crippen LogP contribution in [-0.2, 0) is 12.3 Å². The van der Waals surface area contributed by atoms with E-state index in [2.05, 4.69) is 20.5 Å². The van der Waals surface area contributed by atoms with Crippen LogP contribution in [0, 0.1) is 0 Å². The Kier molecular flexibility index (Phi) is 4.68. The molecule has 1 aromatic carbocycles. The van der Waals surface area contributed by atoms with Gasteiger partial charge in [-0.25, -0.2) is 9.67 Å². The predicted octanol–water partition coefficient (Wildman–Crippen LogP) is 2.68. The van der Waals surface area contributed by atoms with E-state index in [1.807, 2.05) is 30.3 Å². The van der Waals surface area contributed by atoms with Gasteiger partial charge in [-0.2, -0.15) is 0 Å². The summed E-state index contributed by atoms with van der Waals surface area (Å²) >= 11 is 7.36. The van der Waals surface area contributed by atoms with Gasteiger partial charge in [-0.1, -0.05) is 53.7 Å². The Hall–Kier alpha value is -2.71. The van der Waals surface area contributed by atoms with Gasteiger partial charge in [0.15, 0.2) is 0 Å². The monoisotopic (exact) mass is 384 g/mol. The summed E-state index contributed by atoms with van der Waals surface area (Å²) in [5.41, 5.74) is 2.16. The number of benzene rings is 1. The molecule has 0 saturated heterocycles. The van der Waals surface area contributed by atoms with Gasteiger partial charge in [-0.15, -0.1) is 5.10 Å². The van der Waals surface area contributed by atoms with E-state index in [0.717, 1.165) is 5.56 Å². The zero-order valence-corrected chi connectivity index (χ0v) is 15.1. The van der Waals surface area contributed by atoms with Crippen LogP contribution in [0.4, 0.5) is 0 Å². The average Bonchev–Trinajstić information content (AvgIpc) is 3.08. The van der Waals surface area contributed by atoms with Gasteiger partial charge in [0.2, 0.25) is 5.16 Å². The second kappa shape index (κ2) is 7.27. The summed E-state index contributed by atoms with van der Waals surface area (Å²) in [5, 5.41) is 13.0. The third-order valence-corrected chi connectivity index (χ3v) is 4.91. The topological polar surface area (TPSA) is 78.0 Å². The van der Waals surface area contributed by atoms with E-state index in [0.29, 0.717) is 33.8 Å². The third-order valence-electron chi connectivity index (χ3n) is 3.70. The van der Waals surface area contributed by atoms with Crippen LogP contribution in [0.15, 0.2) is 64.7 Å². The van der Waals surface area contributed by atoms with Crippen LogP contribution >= 0.6 is 23.4 Å². The third kappa shape index (κ3) is 3.61. The van der Waals surface area contributed by atoms with Crippen molar-refractivity contribution in [3.05, 3.63) is 81.4 Å². The summed E-state index contributed by atoms with van der Waals surface area (Å²) in [6.45, 7) is 0.586. The number of nitrogens with zero attached hydrogens (tertiary/aromatic N) is 6. The van der Waals surface area contributed by atoms with E-state index in [1.54, 1.807) is 23.0 Å². The maximum absolute atomic E-state index is 12.2. The van der Waals surface area contributed by atoms with E-state index in [9.17, 15) is 4.79 Å². The van der Waals surface area contributed by atoms with Crippen LogP contribution in [-0.4, -0.2) is 29.6 Å². The Bertz CT molecular complexity index is 1110. The molecule has 7 nitrogen and oxygen atoms in total. The molecule has 0 aliphatic heterocycles. The number of tetrazole rings is 1. The van der Waals surface area contributed by atoms with Crippen LogP contribution in [0.1, 0.15) is 11.3 Å². The fourth-order valence-electron chi connectivity index (χ4n) is 2.49. The largest absolute Gasteiger partial charge is 0.269 e. The molecule has 0 amide bonds. The molecule has 0 unspecified atom stereocenters. The zero-order chi connectivity index (χ0) is 17.9. The molecule has 3 aromatic heterocycles. The minimum Gasteiger partial charge on any atom is -0.269 e. The van der Waals surface area contributed by atoms with Gasteiger partial charge in [0.1, 0.15) is 5.65 Å². The van der Waals surface area contributed by atoms with Crippen LogP contribution in [0.5, 0.6) is 0 Å². The van der Waals surface area contributed by atoms with Gasteiger partial charge >= 0.3 is 0 Å². The van der Waals surface area contributed by atoms with Crippen molar-refractivity contribution in [2.75, 3.05) is 0 Å². The number of hydrogen-bond acceptors (Lipinski definition) is 6. The van der Waals surface area contributed by atoms with Crippen LogP contribution in [0.3, 0.4) is 0 Å². The lowest BCUT2D eigenvalue weighted by atomic mass is 10.2. The lowest BCUT2D eigenvalue weighted by Gasteiger charge is -2.06. The highest BCUT2D eigenvalue weighted by Gasteiger charge is 2.10. The highest BCUT2D eigenvalue weighted by Crippen LogP contribution is 2.19. The molecule has 0 radical (unpaired) electrons. The van der Waals surface area contributed by atoms with Crippen molar-refractivity contribution >= 4 is 29.0 Å². The number of aromatic nitrogens is 6. The molecular weight excluding hydrogens is 372 g/mol. The molecule has 9 heteroatoms. The van der Waals surface area contributed by atoms with Crippen molar-refractivity contribution in [3.63, 3.8) is 0 Å². The van der Waals surface area contributed by atoms with Crippen molar-refractivity contribution in [2.24, 2.45) is 0 Å². The molecule has 26 heavy (non-hydrogen) atoms. The summed E-state index contributed by atoms with van der Waals surface area (Å²) < 4.78 is 3.16. The molecule has 130 valence electrons. The maximum atomic E-state index is 12.2. The summed E-state index contributed by atoms with van der Waals surface area (Å²) in [6.07, 6.45) is 1.56. The second-order valence-corrected chi connectivity index (χ2v) is 6.93. The number of hydrogen-bond donors (Lipinski definition) is 0. The van der Waals surface area contributed by atoms with E-state index < -0.39 is 0 Å². The van der Waals surface area contributed by atoms with Gasteiger partial charge in [-0.05, 0) is 28.1 Å². The zero-order valence-electron chi connectivity index (χ0n) is 13.5. The Labute approximate surface area is 157 Å². The fraction of sp³-hybridized carbons (Fsp3) is 0.118. The Balaban J connectivity index is 1.53. The van der Waals surface area contributed by atoms with Crippen molar-refractivity contribution in [1.29, 1.82) is 0 Å². The Morgan fingerprint density at radius 3 is 2.81 bits per heavy atom. The summed E-state index contributed by atoms with van der Waals surface area (Å²) in [5.74, 6) is 0.490. The first kappa shape index (κ1) is 16.7. The Morgan fingerprint density at radius 1 is 1.12 bits per heavy atom. The highest BCUT2D eigenvalue weighted by molar-refractivity contribution is 7.98. The lowest BCUT2D eigenvalue weighted by Crippen LogP contribution is -2.15. The number of fused-ring (bicyclic) bond motifs is 1. The molecule has 0 atom stereocenters. The lowest BCUT2D eigenvalue weighted by molar-refractivity contribution is 0.603. The molecule has 3 heterocycles. The van der Waals surface area contributed by atoms with E-state index >= 15 is 0 Å². The molecule has 0 aliphatic rings. The first-order valence-electron chi connectivity index (χ1n) is 7.80. The summed E-state index contributed by atoms with van der Waals surface area (Å²) in [4.78, 5) is 16.7. The molecule has 0 bridgehead atoms. The quantitative estimate of drug-likeness (QED) is 0.492. The molecule has 4 aromatic rings. The average molecular weight is 385 g/mol. The molecule has 0 aliphatic carbocycles. The van der Waals surface area contributed by atoms with Crippen LogP contribution in [0.25, 0.3) is 5.65 Å². The number of halogens is 1. The standard InChI is InChI=1S/C17H13ClN6OS/c18-13-6-7-15-19-14(8-16(25)23(15)10-13)11-26-17-20-21-22-24(17)9-12-4-2-1-3-5-12/h1-8,10H,9,11H2. The first-order valence-corrected chi connectivity index (χ1v) is 9.16. The molecule has 0 spiro atoms. The number of rotatable bonds is 5. The summed E-state index contributed by atoms with van der Waals surface area (Å²) in [7, 11) is 0. The van der Waals surface area contributed by atoms with Gasteiger partial charge in [0.05, 0.1) is 17.3 Å². The van der Waals surface area contributed by atoms with Crippen LogP contribution < -0.4 is 5.56 Å². The van der Waals surface area contributed by atoms with Crippen molar-refractivity contribution in [3.8, 4) is 0 Å². The van der Waals surface area contributed by atoms with Gasteiger partial charge < -0.3 is 0 Å². The second-order valence-electron chi connectivity index (χ2n) is 5.55. The smallest absolute Gasteiger partial charge is 0.258 e. The molecule has 4 rings (SSSR count). The minimum atomic E-state index is -0.169. The van der Waals surface area contributed by atoms with Gasteiger partial charge in [-0.3, -0.25) is 9.20 Å². The molecular formula is C17H13ClN6OS. The number of thioether (sulfide) groups is 1. The van der Waals surface area contributed by atoms with E-state index in [1.165, 1.54) is 22.2 Å². The SMILES string of the molecule is O=c1cc(CSc2nnnn2Cc2ccccc2)nc2ccc(Cl)cn12. The van der Waals surface area contributed by atoms with E-state index in [4.69, 9.17) is 11.6 Å². The molecule has 0 N–H and O–H groups in total. The summed E-state index contributed by atoms with van der Waals surface area (Å²) in [6, 6.07) is 14.9. The normalized spacial score (nSPS) is 11.1. The minimum absolute atomic E-state index is 0.169. The van der Waals surface area contributed by atoms with Crippen molar-refractivity contribution < 1.29 is 0 Å². The van der Waals surface area contributed by atoms with Crippen LogP contribution in [0.2, 0.25) is 5.02 Å².